The van der Waals surface area contributed by atoms with Crippen LogP contribution < -0.4 is 15.9 Å². The lowest BCUT2D eigenvalue weighted by Crippen LogP contribution is -2.33. The number of hydrogen-bond acceptors (Lipinski definition) is 4. The quantitative estimate of drug-likeness (QED) is 0.227. The van der Waals surface area contributed by atoms with Gasteiger partial charge in [0.2, 0.25) is 0 Å². The van der Waals surface area contributed by atoms with Gasteiger partial charge in [0, 0.05) is 33.5 Å². The molecular formula is C35H25N4OP. The molecule has 0 amide bonds. The van der Waals surface area contributed by atoms with E-state index in [9.17, 15) is 0 Å². The predicted molar refractivity (Wildman–Crippen MR) is 167 cm³/mol. The first-order chi connectivity index (χ1) is 20.2. The largest absolute Gasteiger partial charge is 0.308 e. The van der Waals surface area contributed by atoms with Gasteiger partial charge in [0.05, 0.1) is 39.1 Å². The van der Waals surface area contributed by atoms with Crippen LogP contribution in [0.25, 0.3) is 50.3 Å². The Kier molecular flexibility index (Phi) is 5.31. The zero-order chi connectivity index (χ0) is 27.6. The van der Waals surface area contributed by atoms with Gasteiger partial charge in [-0.1, -0.05) is 91.9 Å². The van der Waals surface area contributed by atoms with E-state index < -0.39 is 7.14 Å². The summed E-state index contributed by atoms with van der Waals surface area (Å²) in [6.45, 7) is 2.11. The van der Waals surface area contributed by atoms with Gasteiger partial charge in [0.15, 0.2) is 7.14 Å². The number of imidazole rings is 1. The summed E-state index contributed by atoms with van der Waals surface area (Å²) in [5, 5.41) is 2.47. The summed E-state index contributed by atoms with van der Waals surface area (Å²) >= 11 is 0. The summed E-state index contributed by atoms with van der Waals surface area (Å²) in [5.41, 5.74) is 7.71. The average molecular weight is 549 g/mol. The molecule has 0 N–H and O–H groups in total. The van der Waals surface area contributed by atoms with E-state index in [1.165, 1.54) is 0 Å². The first-order valence-corrected chi connectivity index (χ1v) is 15.5. The fourth-order valence-corrected chi connectivity index (χ4v) is 9.09. The molecule has 5 aromatic carbocycles. The molecule has 8 rings (SSSR count). The van der Waals surface area contributed by atoms with Crippen molar-refractivity contribution >= 4 is 45.1 Å². The monoisotopic (exact) mass is 548 g/mol. The highest BCUT2D eigenvalue weighted by molar-refractivity contribution is 7.86. The molecule has 0 saturated carbocycles. The van der Waals surface area contributed by atoms with Crippen molar-refractivity contribution in [3.8, 4) is 28.2 Å². The summed E-state index contributed by atoms with van der Waals surface area (Å²) in [4.78, 5) is 15.5. The second-order valence-electron chi connectivity index (χ2n) is 10.3. The van der Waals surface area contributed by atoms with Crippen molar-refractivity contribution in [3.05, 3.63) is 127 Å². The van der Waals surface area contributed by atoms with Gasteiger partial charge < -0.3 is 4.57 Å². The molecule has 1 atom stereocenters. The molecule has 1 unspecified atom stereocenters. The molecule has 0 radical (unpaired) electrons. The van der Waals surface area contributed by atoms with Crippen molar-refractivity contribution in [2.75, 3.05) is 0 Å². The molecule has 3 heterocycles. The van der Waals surface area contributed by atoms with Crippen LogP contribution in [0.2, 0.25) is 0 Å². The molecule has 0 saturated heterocycles. The summed E-state index contributed by atoms with van der Waals surface area (Å²) < 4.78 is 17.6. The standard InChI is InChI=1S/C35H25N4OP/c1-2-31-38-34-25(33-32(23-13-5-3-6-14-23)36-26-17-9-10-18-27(26)37-33)21-22-30-35(34)39(31)28-19-11-12-20-29(28)41(30,40)24-15-7-4-8-16-24/h3-22H,2H2,1H3. The normalized spacial score (nSPS) is 15.7. The number of benzene rings is 5. The molecule has 1 aliphatic rings. The van der Waals surface area contributed by atoms with Gasteiger partial charge >= 0.3 is 0 Å². The minimum Gasteiger partial charge on any atom is -0.308 e. The van der Waals surface area contributed by atoms with Gasteiger partial charge in [-0.3, -0.25) is 4.57 Å². The third kappa shape index (κ3) is 3.43. The highest BCUT2D eigenvalue weighted by Gasteiger charge is 2.40. The smallest absolute Gasteiger partial charge is 0.175 e. The molecule has 2 aromatic heterocycles. The number of rotatable bonds is 4. The van der Waals surface area contributed by atoms with Crippen molar-refractivity contribution in [2.24, 2.45) is 0 Å². The van der Waals surface area contributed by atoms with Crippen LogP contribution >= 0.6 is 7.14 Å². The Morgan fingerprint density at radius 2 is 1.27 bits per heavy atom. The Morgan fingerprint density at radius 1 is 0.634 bits per heavy atom. The van der Waals surface area contributed by atoms with E-state index >= 15 is 4.57 Å². The van der Waals surface area contributed by atoms with Crippen LogP contribution in [0.5, 0.6) is 0 Å². The highest BCUT2D eigenvalue weighted by atomic mass is 31.2. The van der Waals surface area contributed by atoms with E-state index in [4.69, 9.17) is 15.0 Å². The molecule has 1 aliphatic heterocycles. The summed E-state index contributed by atoms with van der Waals surface area (Å²) in [6, 6.07) is 40.1. The van der Waals surface area contributed by atoms with Crippen LogP contribution in [0.4, 0.5) is 0 Å². The number of aromatic nitrogens is 4. The van der Waals surface area contributed by atoms with Gasteiger partial charge in [-0.2, -0.15) is 0 Å². The van der Waals surface area contributed by atoms with Crippen LogP contribution in [0.15, 0.2) is 121 Å². The second kappa shape index (κ2) is 9.09. The number of aryl methyl sites for hydroxylation is 1. The summed E-state index contributed by atoms with van der Waals surface area (Å²) in [7, 11) is -3.18. The van der Waals surface area contributed by atoms with Gasteiger partial charge in [-0.25, -0.2) is 15.0 Å². The maximum absolute atomic E-state index is 15.4. The topological polar surface area (TPSA) is 60.7 Å². The van der Waals surface area contributed by atoms with E-state index in [1.807, 2.05) is 103 Å². The Labute approximate surface area is 237 Å². The molecule has 0 fully saturated rings. The summed E-state index contributed by atoms with van der Waals surface area (Å²) in [6.07, 6.45) is 0.729. The Balaban J connectivity index is 1.51. The lowest BCUT2D eigenvalue weighted by molar-refractivity contribution is 0.592. The number of hydrogen-bond donors (Lipinski definition) is 0. The Bertz CT molecular complexity index is 2170. The third-order valence-electron chi connectivity index (χ3n) is 7.96. The minimum atomic E-state index is -3.18. The van der Waals surface area contributed by atoms with Crippen LogP contribution in [0, 0.1) is 0 Å². The zero-order valence-electron chi connectivity index (χ0n) is 22.4. The van der Waals surface area contributed by atoms with Crippen LogP contribution in [0.3, 0.4) is 0 Å². The van der Waals surface area contributed by atoms with E-state index in [0.717, 1.165) is 78.4 Å². The molecule has 5 nitrogen and oxygen atoms in total. The van der Waals surface area contributed by atoms with Crippen molar-refractivity contribution < 1.29 is 4.57 Å². The molecule has 0 spiro atoms. The van der Waals surface area contributed by atoms with Gasteiger partial charge in [0.25, 0.3) is 0 Å². The molecule has 196 valence electrons. The lowest BCUT2D eigenvalue weighted by atomic mass is 10.0. The van der Waals surface area contributed by atoms with Crippen molar-refractivity contribution in [2.45, 2.75) is 13.3 Å². The maximum atomic E-state index is 15.4. The maximum Gasteiger partial charge on any atom is 0.175 e. The van der Waals surface area contributed by atoms with E-state index in [2.05, 4.69) is 29.7 Å². The van der Waals surface area contributed by atoms with E-state index in [-0.39, 0.29) is 0 Å². The Hall–Kier alpha value is -4.86. The summed E-state index contributed by atoms with van der Waals surface area (Å²) in [5.74, 6) is 0.926. The van der Waals surface area contributed by atoms with Crippen molar-refractivity contribution in [1.29, 1.82) is 0 Å². The third-order valence-corrected chi connectivity index (χ3v) is 11.1. The minimum absolute atomic E-state index is 0.729. The molecule has 7 aromatic rings. The predicted octanol–water partition coefficient (Wildman–Crippen LogP) is 6.82. The first-order valence-electron chi connectivity index (χ1n) is 13.8. The van der Waals surface area contributed by atoms with Crippen molar-refractivity contribution in [3.63, 3.8) is 0 Å². The highest BCUT2D eigenvalue weighted by Crippen LogP contribution is 2.50. The van der Waals surface area contributed by atoms with Gasteiger partial charge in [0.1, 0.15) is 5.82 Å². The lowest BCUT2D eigenvalue weighted by Gasteiger charge is -2.29. The fraction of sp³-hybridized carbons (Fsp3) is 0.0571. The zero-order valence-corrected chi connectivity index (χ0v) is 23.3. The fourth-order valence-electron chi connectivity index (χ4n) is 6.10. The SMILES string of the molecule is CCc1nc2c(-c3nc4ccccc4nc3-c3ccccc3)ccc3c2n1-c1ccccc1P3(=O)c1ccccc1. The van der Waals surface area contributed by atoms with Crippen LogP contribution in [0.1, 0.15) is 12.7 Å². The van der Waals surface area contributed by atoms with Crippen molar-refractivity contribution in [1.82, 2.24) is 19.5 Å². The average Bonchev–Trinajstić information content (AvgIpc) is 3.44. The first kappa shape index (κ1) is 24.0. The molecule has 41 heavy (non-hydrogen) atoms. The van der Waals surface area contributed by atoms with Gasteiger partial charge in [-0.05, 0) is 36.4 Å². The second-order valence-corrected chi connectivity index (χ2v) is 13.0. The van der Waals surface area contributed by atoms with E-state index in [0.29, 0.717) is 0 Å². The number of para-hydroxylation sites is 3. The van der Waals surface area contributed by atoms with Crippen LogP contribution in [-0.4, -0.2) is 19.5 Å². The van der Waals surface area contributed by atoms with Crippen LogP contribution in [-0.2, 0) is 11.0 Å². The molecule has 0 bridgehead atoms. The molecular weight excluding hydrogens is 523 g/mol. The number of nitrogens with zero attached hydrogens (tertiary/aromatic N) is 4. The molecule has 6 heteroatoms. The molecule has 0 aliphatic carbocycles. The number of fused-ring (bicyclic) bond motifs is 3. The van der Waals surface area contributed by atoms with Gasteiger partial charge in [-0.15, -0.1) is 0 Å². The van der Waals surface area contributed by atoms with E-state index in [1.54, 1.807) is 0 Å². The Morgan fingerprint density at radius 3 is 2.00 bits per heavy atom.